The summed E-state index contributed by atoms with van der Waals surface area (Å²) in [5, 5.41) is 7.24. The molecule has 1 aromatic carbocycles. The summed E-state index contributed by atoms with van der Waals surface area (Å²) in [6.45, 7) is 0.707. The number of fused-ring (bicyclic) bond motifs is 1. The van der Waals surface area contributed by atoms with Gasteiger partial charge in [0.1, 0.15) is 5.82 Å². The standard InChI is InChI=1S/C24H32ClN5O/c1-30(2)22-20-8-3-4-9-21(20)28-24(29-22)27-19-12-10-16(11-13-19)15-26-23(31)17-6-5-7-18(25)14-17/h5-7,14,16,19H,3-4,8-13,15H2,1-2H3,(H,26,31)(H,27,28,29). The molecule has 0 aliphatic heterocycles. The third kappa shape index (κ3) is 5.48. The van der Waals surface area contributed by atoms with Gasteiger partial charge in [0.25, 0.3) is 5.91 Å². The molecule has 2 aromatic rings. The molecule has 166 valence electrons. The van der Waals surface area contributed by atoms with Gasteiger partial charge in [-0.05, 0) is 75.5 Å². The van der Waals surface area contributed by atoms with Crippen LogP contribution in [-0.2, 0) is 12.8 Å². The molecule has 2 aliphatic carbocycles. The number of hydrogen-bond donors (Lipinski definition) is 2. The van der Waals surface area contributed by atoms with E-state index >= 15 is 0 Å². The molecule has 1 saturated carbocycles. The van der Waals surface area contributed by atoms with Crippen molar-refractivity contribution in [1.82, 2.24) is 15.3 Å². The fourth-order valence-electron chi connectivity index (χ4n) is 4.67. The zero-order valence-corrected chi connectivity index (χ0v) is 19.2. The Bertz CT molecular complexity index is 924. The van der Waals surface area contributed by atoms with Crippen molar-refractivity contribution in [1.29, 1.82) is 0 Å². The summed E-state index contributed by atoms with van der Waals surface area (Å²) in [6, 6.07) is 7.47. The molecule has 1 aromatic heterocycles. The fourth-order valence-corrected chi connectivity index (χ4v) is 4.86. The average molecular weight is 442 g/mol. The van der Waals surface area contributed by atoms with Gasteiger partial charge in [-0.15, -0.1) is 0 Å². The minimum atomic E-state index is -0.0542. The number of rotatable bonds is 6. The Hall–Kier alpha value is -2.34. The second-order valence-corrected chi connectivity index (χ2v) is 9.42. The summed E-state index contributed by atoms with van der Waals surface area (Å²) in [5.41, 5.74) is 3.15. The lowest BCUT2D eigenvalue weighted by Crippen LogP contribution is -2.34. The second kappa shape index (κ2) is 9.86. The molecule has 1 heterocycles. The minimum Gasteiger partial charge on any atom is -0.362 e. The van der Waals surface area contributed by atoms with Gasteiger partial charge in [0.15, 0.2) is 0 Å². The zero-order valence-electron chi connectivity index (χ0n) is 18.5. The van der Waals surface area contributed by atoms with E-state index in [-0.39, 0.29) is 5.91 Å². The van der Waals surface area contributed by atoms with Gasteiger partial charge in [-0.2, -0.15) is 4.98 Å². The summed E-state index contributed by atoms with van der Waals surface area (Å²) >= 11 is 5.99. The Morgan fingerprint density at radius 1 is 1.13 bits per heavy atom. The first-order valence-electron chi connectivity index (χ1n) is 11.4. The molecule has 31 heavy (non-hydrogen) atoms. The Morgan fingerprint density at radius 3 is 2.65 bits per heavy atom. The van der Waals surface area contributed by atoms with Crippen molar-refractivity contribution in [3.05, 3.63) is 46.1 Å². The maximum Gasteiger partial charge on any atom is 0.251 e. The Morgan fingerprint density at radius 2 is 1.90 bits per heavy atom. The van der Waals surface area contributed by atoms with Gasteiger partial charge in [-0.25, -0.2) is 4.98 Å². The van der Waals surface area contributed by atoms with Crippen molar-refractivity contribution in [2.75, 3.05) is 30.9 Å². The SMILES string of the molecule is CN(C)c1nc(NC2CCC(CNC(=O)c3cccc(Cl)c3)CC2)nc2c1CCCC2. The van der Waals surface area contributed by atoms with E-state index in [4.69, 9.17) is 21.6 Å². The number of halogens is 1. The lowest BCUT2D eigenvalue weighted by atomic mass is 9.86. The first-order valence-corrected chi connectivity index (χ1v) is 11.7. The average Bonchev–Trinajstić information content (AvgIpc) is 2.77. The summed E-state index contributed by atoms with van der Waals surface area (Å²) in [7, 11) is 4.12. The van der Waals surface area contributed by atoms with E-state index in [1.165, 1.54) is 24.1 Å². The third-order valence-electron chi connectivity index (χ3n) is 6.40. The van der Waals surface area contributed by atoms with E-state index in [1.807, 2.05) is 0 Å². The third-order valence-corrected chi connectivity index (χ3v) is 6.64. The summed E-state index contributed by atoms with van der Waals surface area (Å²) in [6.07, 6.45) is 8.86. The fraction of sp³-hybridized carbons (Fsp3) is 0.542. The first kappa shape index (κ1) is 21.9. The number of hydrogen-bond acceptors (Lipinski definition) is 5. The highest BCUT2D eigenvalue weighted by molar-refractivity contribution is 6.30. The Kier molecular flexibility index (Phi) is 6.96. The van der Waals surface area contributed by atoms with Crippen LogP contribution in [0.25, 0.3) is 0 Å². The van der Waals surface area contributed by atoms with Crippen LogP contribution in [0.3, 0.4) is 0 Å². The van der Waals surface area contributed by atoms with Crippen LogP contribution in [0.15, 0.2) is 24.3 Å². The van der Waals surface area contributed by atoms with Gasteiger partial charge in [-0.1, -0.05) is 17.7 Å². The van der Waals surface area contributed by atoms with Gasteiger partial charge in [0.05, 0.1) is 5.69 Å². The molecule has 0 saturated heterocycles. The second-order valence-electron chi connectivity index (χ2n) is 8.98. The normalized spacial score (nSPS) is 20.6. The van der Waals surface area contributed by atoms with Crippen LogP contribution in [0.4, 0.5) is 11.8 Å². The molecular formula is C24H32ClN5O. The number of nitrogens with zero attached hydrogens (tertiary/aromatic N) is 3. The molecule has 1 fully saturated rings. The number of carbonyl (C=O) groups is 1. The van der Waals surface area contributed by atoms with Crippen LogP contribution in [0.2, 0.25) is 5.02 Å². The quantitative estimate of drug-likeness (QED) is 0.691. The van der Waals surface area contributed by atoms with E-state index < -0.39 is 0 Å². The highest BCUT2D eigenvalue weighted by Gasteiger charge is 2.24. The van der Waals surface area contributed by atoms with Crippen molar-refractivity contribution >= 4 is 29.3 Å². The van der Waals surface area contributed by atoms with Crippen LogP contribution >= 0.6 is 11.6 Å². The van der Waals surface area contributed by atoms with Crippen LogP contribution in [-0.4, -0.2) is 42.6 Å². The van der Waals surface area contributed by atoms with Gasteiger partial charge < -0.3 is 15.5 Å². The first-order chi connectivity index (χ1) is 15.0. The molecule has 0 unspecified atom stereocenters. The van der Waals surface area contributed by atoms with E-state index in [0.717, 1.165) is 50.3 Å². The number of aromatic nitrogens is 2. The highest BCUT2D eigenvalue weighted by atomic mass is 35.5. The maximum absolute atomic E-state index is 12.3. The van der Waals surface area contributed by atoms with Gasteiger partial charge in [0.2, 0.25) is 5.95 Å². The Balaban J connectivity index is 1.29. The van der Waals surface area contributed by atoms with E-state index in [0.29, 0.717) is 29.1 Å². The molecule has 0 spiro atoms. The van der Waals surface area contributed by atoms with Gasteiger partial charge >= 0.3 is 0 Å². The largest absolute Gasteiger partial charge is 0.362 e. The van der Waals surface area contributed by atoms with Crippen LogP contribution in [0, 0.1) is 5.92 Å². The van der Waals surface area contributed by atoms with E-state index in [9.17, 15) is 4.79 Å². The van der Waals surface area contributed by atoms with Crippen molar-refractivity contribution < 1.29 is 4.79 Å². The van der Waals surface area contributed by atoms with Crippen LogP contribution < -0.4 is 15.5 Å². The molecule has 0 bridgehead atoms. The molecule has 2 aliphatic rings. The van der Waals surface area contributed by atoms with Crippen LogP contribution in [0.5, 0.6) is 0 Å². The zero-order chi connectivity index (χ0) is 21.8. The number of carbonyl (C=O) groups excluding carboxylic acids is 1. The minimum absolute atomic E-state index is 0.0542. The van der Waals surface area contributed by atoms with Gasteiger partial charge in [-0.3, -0.25) is 4.79 Å². The summed E-state index contributed by atoms with van der Waals surface area (Å²) in [5.74, 6) is 2.27. The van der Waals surface area contributed by atoms with Crippen molar-refractivity contribution in [3.8, 4) is 0 Å². The molecule has 2 N–H and O–H groups in total. The molecule has 1 amide bonds. The number of anilines is 2. The molecule has 0 radical (unpaired) electrons. The predicted molar refractivity (Wildman–Crippen MR) is 126 cm³/mol. The lowest BCUT2D eigenvalue weighted by Gasteiger charge is -2.30. The smallest absolute Gasteiger partial charge is 0.251 e. The maximum atomic E-state index is 12.3. The van der Waals surface area contributed by atoms with E-state index in [1.54, 1.807) is 24.3 Å². The molecule has 4 rings (SSSR count). The number of benzene rings is 1. The molecule has 6 nitrogen and oxygen atoms in total. The predicted octanol–water partition coefficient (Wildman–Crippen LogP) is 4.48. The number of aryl methyl sites for hydroxylation is 1. The Labute approximate surface area is 189 Å². The number of nitrogens with one attached hydrogen (secondary N) is 2. The van der Waals surface area contributed by atoms with Crippen LogP contribution in [0.1, 0.15) is 60.1 Å². The lowest BCUT2D eigenvalue weighted by molar-refractivity contribution is 0.0943. The molecule has 0 atom stereocenters. The molecular weight excluding hydrogens is 410 g/mol. The van der Waals surface area contributed by atoms with Gasteiger partial charge in [0, 0.05) is 42.8 Å². The van der Waals surface area contributed by atoms with E-state index in [2.05, 4.69) is 29.6 Å². The monoisotopic (exact) mass is 441 g/mol. The van der Waals surface area contributed by atoms with Crippen molar-refractivity contribution in [2.45, 2.75) is 57.4 Å². The molecule has 7 heteroatoms. The highest BCUT2D eigenvalue weighted by Crippen LogP contribution is 2.30. The van der Waals surface area contributed by atoms with Crippen molar-refractivity contribution in [2.24, 2.45) is 5.92 Å². The number of amides is 1. The summed E-state index contributed by atoms with van der Waals surface area (Å²) in [4.78, 5) is 24.1. The summed E-state index contributed by atoms with van der Waals surface area (Å²) < 4.78 is 0. The van der Waals surface area contributed by atoms with Crippen molar-refractivity contribution in [3.63, 3.8) is 0 Å². The topological polar surface area (TPSA) is 70.2 Å².